The van der Waals surface area contributed by atoms with Crippen LogP contribution in [-0.2, 0) is 6.42 Å². The zero-order valence-corrected chi connectivity index (χ0v) is 14.8. The van der Waals surface area contributed by atoms with Crippen LogP contribution in [0.5, 0.6) is 0 Å². The van der Waals surface area contributed by atoms with Gasteiger partial charge in [-0.2, -0.15) is 0 Å². The van der Waals surface area contributed by atoms with Gasteiger partial charge < -0.3 is 5.32 Å². The van der Waals surface area contributed by atoms with E-state index in [0.717, 1.165) is 32.1 Å². The lowest BCUT2D eigenvalue weighted by molar-refractivity contribution is 0.550. The molecule has 2 aromatic carbocycles. The minimum atomic E-state index is 0.217. The summed E-state index contributed by atoms with van der Waals surface area (Å²) in [6.07, 6.45) is 0.852. The second-order valence-electron chi connectivity index (χ2n) is 4.58. The van der Waals surface area contributed by atoms with Crippen molar-refractivity contribution in [2.45, 2.75) is 19.4 Å². The Hall–Kier alpha value is -0.290. The van der Waals surface area contributed by atoms with Crippen LogP contribution in [-0.4, -0.2) is 6.54 Å². The van der Waals surface area contributed by atoms with E-state index in [-0.39, 0.29) is 6.04 Å². The molecule has 0 aromatic heterocycles. The highest BCUT2D eigenvalue weighted by Crippen LogP contribution is 2.27. The van der Waals surface area contributed by atoms with Gasteiger partial charge in [-0.25, -0.2) is 0 Å². The van der Waals surface area contributed by atoms with Crippen molar-refractivity contribution >= 4 is 45.8 Å². The molecule has 20 heavy (non-hydrogen) atoms. The average Bonchev–Trinajstić information content (AvgIpc) is 2.44. The van der Waals surface area contributed by atoms with Crippen LogP contribution in [0.25, 0.3) is 0 Å². The first-order valence-electron chi connectivity index (χ1n) is 6.53. The topological polar surface area (TPSA) is 12.0 Å². The first-order valence-corrected chi connectivity index (χ1v) is 8.37. The van der Waals surface area contributed by atoms with E-state index in [2.05, 4.69) is 53.0 Å². The molecule has 0 fully saturated rings. The standard InChI is InChI=1S/C16H16Cl2IN/c1-2-20-16(10-11-5-3-4-6-13(11)17)12-7-8-15(19)14(18)9-12/h3-9,16,20H,2,10H2,1H3. The van der Waals surface area contributed by atoms with Crippen molar-refractivity contribution in [3.05, 3.63) is 67.2 Å². The lowest BCUT2D eigenvalue weighted by Crippen LogP contribution is -2.23. The summed E-state index contributed by atoms with van der Waals surface area (Å²) in [5.74, 6) is 0. The molecule has 4 heteroatoms. The summed E-state index contributed by atoms with van der Waals surface area (Å²) in [5.41, 5.74) is 2.34. The molecule has 0 aliphatic rings. The molecule has 0 amide bonds. The summed E-state index contributed by atoms with van der Waals surface area (Å²) in [6, 6.07) is 14.4. The molecular formula is C16H16Cl2IN. The molecular weight excluding hydrogens is 404 g/mol. The summed E-state index contributed by atoms with van der Waals surface area (Å²) in [5, 5.41) is 5.11. The number of hydrogen-bond donors (Lipinski definition) is 1. The smallest absolute Gasteiger partial charge is 0.0542 e. The molecule has 0 saturated carbocycles. The van der Waals surface area contributed by atoms with Crippen molar-refractivity contribution in [1.82, 2.24) is 5.32 Å². The molecule has 0 radical (unpaired) electrons. The minimum absolute atomic E-state index is 0.217. The molecule has 0 aliphatic heterocycles. The predicted octanol–water partition coefficient (Wildman–Crippen LogP) is 5.49. The second kappa shape index (κ2) is 7.64. The SMILES string of the molecule is CCNC(Cc1ccccc1Cl)c1ccc(I)c(Cl)c1. The molecule has 1 N–H and O–H groups in total. The van der Waals surface area contributed by atoms with Gasteiger partial charge in [-0.1, -0.05) is 54.4 Å². The van der Waals surface area contributed by atoms with Crippen LogP contribution >= 0.6 is 45.8 Å². The number of hydrogen-bond acceptors (Lipinski definition) is 1. The first kappa shape index (κ1) is 16.1. The molecule has 2 rings (SSSR count). The Balaban J connectivity index is 2.27. The van der Waals surface area contributed by atoms with Gasteiger partial charge >= 0.3 is 0 Å². The van der Waals surface area contributed by atoms with E-state index in [1.54, 1.807) is 0 Å². The number of halogens is 3. The number of rotatable bonds is 5. The van der Waals surface area contributed by atoms with E-state index < -0.39 is 0 Å². The van der Waals surface area contributed by atoms with Gasteiger partial charge in [0.15, 0.2) is 0 Å². The highest BCUT2D eigenvalue weighted by Gasteiger charge is 2.14. The number of benzene rings is 2. The fourth-order valence-electron chi connectivity index (χ4n) is 2.17. The minimum Gasteiger partial charge on any atom is -0.310 e. The van der Waals surface area contributed by atoms with Gasteiger partial charge in [0.25, 0.3) is 0 Å². The van der Waals surface area contributed by atoms with E-state index in [1.165, 1.54) is 5.56 Å². The molecule has 2 aromatic rings. The van der Waals surface area contributed by atoms with Crippen molar-refractivity contribution in [2.75, 3.05) is 6.54 Å². The van der Waals surface area contributed by atoms with Crippen molar-refractivity contribution in [1.29, 1.82) is 0 Å². The van der Waals surface area contributed by atoms with Crippen LogP contribution < -0.4 is 5.32 Å². The van der Waals surface area contributed by atoms with E-state index >= 15 is 0 Å². The second-order valence-corrected chi connectivity index (χ2v) is 6.56. The van der Waals surface area contributed by atoms with Gasteiger partial charge in [0, 0.05) is 14.6 Å². The van der Waals surface area contributed by atoms with Crippen molar-refractivity contribution in [2.24, 2.45) is 0 Å². The summed E-state index contributed by atoms with van der Waals surface area (Å²) >= 11 is 14.7. The van der Waals surface area contributed by atoms with Gasteiger partial charge in [0.1, 0.15) is 0 Å². The summed E-state index contributed by atoms with van der Waals surface area (Å²) < 4.78 is 1.07. The van der Waals surface area contributed by atoms with Crippen LogP contribution in [0.4, 0.5) is 0 Å². The van der Waals surface area contributed by atoms with Crippen LogP contribution in [0.2, 0.25) is 10.0 Å². The Kier molecular flexibility index (Phi) is 6.15. The Morgan fingerprint density at radius 2 is 1.85 bits per heavy atom. The highest BCUT2D eigenvalue weighted by atomic mass is 127. The lowest BCUT2D eigenvalue weighted by atomic mass is 9.99. The summed E-state index contributed by atoms with van der Waals surface area (Å²) in [4.78, 5) is 0. The normalized spacial score (nSPS) is 12.4. The van der Waals surface area contributed by atoms with E-state index in [4.69, 9.17) is 23.2 Å². The molecule has 0 spiro atoms. The first-order chi connectivity index (χ1) is 9.61. The van der Waals surface area contributed by atoms with Crippen LogP contribution in [0.15, 0.2) is 42.5 Å². The van der Waals surface area contributed by atoms with Crippen molar-refractivity contribution in [3.8, 4) is 0 Å². The maximum absolute atomic E-state index is 6.26. The molecule has 0 aliphatic carbocycles. The highest BCUT2D eigenvalue weighted by molar-refractivity contribution is 14.1. The van der Waals surface area contributed by atoms with E-state index in [1.807, 2.05) is 24.3 Å². The van der Waals surface area contributed by atoms with Crippen LogP contribution in [0.3, 0.4) is 0 Å². The summed E-state index contributed by atoms with van der Waals surface area (Å²) in [6.45, 7) is 3.01. The Bertz CT molecular complexity index is 586. The molecule has 1 nitrogen and oxygen atoms in total. The largest absolute Gasteiger partial charge is 0.310 e. The predicted molar refractivity (Wildman–Crippen MR) is 95.7 cm³/mol. The lowest BCUT2D eigenvalue weighted by Gasteiger charge is -2.19. The maximum Gasteiger partial charge on any atom is 0.0542 e. The molecule has 0 saturated heterocycles. The van der Waals surface area contributed by atoms with Crippen LogP contribution in [0, 0.1) is 3.57 Å². The van der Waals surface area contributed by atoms with E-state index in [9.17, 15) is 0 Å². The Labute approximate surface area is 143 Å². The third kappa shape index (κ3) is 4.10. The zero-order chi connectivity index (χ0) is 14.5. The molecule has 0 bridgehead atoms. The quantitative estimate of drug-likeness (QED) is 0.631. The molecule has 106 valence electrons. The van der Waals surface area contributed by atoms with Gasteiger partial charge in [-0.05, 0) is 64.9 Å². The van der Waals surface area contributed by atoms with E-state index in [0.29, 0.717) is 0 Å². The zero-order valence-electron chi connectivity index (χ0n) is 11.2. The van der Waals surface area contributed by atoms with Crippen molar-refractivity contribution < 1.29 is 0 Å². The van der Waals surface area contributed by atoms with Gasteiger partial charge in [0.05, 0.1) is 5.02 Å². The van der Waals surface area contributed by atoms with Gasteiger partial charge in [-0.15, -0.1) is 0 Å². The summed E-state index contributed by atoms with van der Waals surface area (Å²) in [7, 11) is 0. The third-order valence-electron chi connectivity index (χ3n) is 3.18. The Morgan fingerprint density at radius 3 is 2.50 bits per heavy atom. The molecule has 1 unspecified atom stereocenters. The number of nitrogens with one attached hydrogen (secondary N) is 1. The number of likely N-dealkylation sites (N-methyl/N-ethyl adjacent to an activating group) is 1. The fourth-order valence-corrected chi connectivity index (χ4v) is 2.90. The molecule has 0 heterocycles. The third-order valence-corrected chi connectivity index (χ3v) is 5.12. The molecule has 1 atom stereocenters. The monoisotopic (exact) mass is 419 g/mol. The Morgan fingerprint density at radius 1 is 1.10 bits per heavy atom. The fraction of sp³-hybridized carbons (Fsp3) is 0.250. The van der Waals surface area contributed by atoms with Gasteiger partial charge in [-0.3, -0.25) is 0 Å². The average molecular weight is 420 g/mol. The van der Waals surface area contributed by atoms with Gasteiger partial charge in [0.2, 0.25) is 0 Å². The van der Waals surface area contributed by atoms with Crippen molar-refractivity contribution in [3.63, 3.8) is 0 Å². The maximum atomic E-state index is 6.26. The van der Waals surface area contributed by atoms with Crippen LogP contribution in [0.1, 0.15) is 24.1 Å².